The molecule has 4 N–H and O–H groups in total. The number of carboxylic acids is 2. The predicted molar refractivity (Wildman–Crippen MR) is 119 cm³/mol. The van der Waals surface area contributed by atoms with Crippen molar-refractivity contribution in [1.82, 2.24) is 25.0 Å². The SMILES string of the molecule is O=C(O)CN1/C=C\N(Cc2ccc3cccc(O)c3n2)CCN(CC(=O)O)CCNCC1. The minimum Gasteiger partial charge on any atom is -0.506 e. The van der Waals surface area contributed by atoms with Crippen LogP contribution in [0.1, 0.15) is 5.69 Å². The molecular formula is C22H29N5O5. The number of pyridine rings is 1. The summed E-state index contributed by atoms with van der Waals surface area (Å²) in [6.07, 6.45) is 3.57. The Morgan fingerprint density at radius 3 is 2.44 bits per heavy atom. The fraction of sp³-hybridized carbons (Fsp3) is 0.409. The molecule has 3 rings (SSSR count). The van der Waals surface area contributed by atoms with Crippen LogP contribution in [-0.2, 0) is 16.1 Å². The number of phenols is 1. The first-order valence-electron chi connectivity index (χ1n) is 10.5. The van der Waals surface area contributed by atoms with Crippen molar-refractivity contribution >= 4 is 22.8 Å². The Morgan fingerprint density at radius 2 is 1.66 bits per heavy atom. The molecule has 0 aliphatic carbocycles. The molecular weight excluding hydrogens is 414 g/mol. The number of hydrogen-bond acceptors (Lipinski definition) is 8. The van der Waals surface area contributed by atoms with E-state index in [0.717, 1.165) is 11.1 Å². The second kappa shape index (κ2) is 11.3. The fourth-order valence-electron chi connectivity index (χ4n) is 3.56. The minimum absolute atomic E-state index is 0.0491. The Bertz CT molecular complexity index is 967. The third-order valence-electron chi connectivity index (χ3n) is 5.19. The Balaban J connectivity index is 1.81. The number of benzene rings is 1. The lowest BCUT2D eigenvalue weighted by atomic mass is 10.2. The number of fused-ring (bicyclic) bond motifs is 1. The summed E-state index contributed by atoms with van der Waals surface area (Å²) in [5.41, 5.74) is 1.27. The monoisotopic (exact) mass is 443 g/mol. The van der Waals surface area contributed by atoms with Gasteiger partial charge in [-0.15, -0.1) is 0 Å². The highest BCUT2D eigenvalue weighted by atomic mass is 16.4. The molecule has 1 aliphatic rings. The van der Waals surface area contributed by atoms with Gasteiger partial charge in [-0.1, -0.05) is 18.2 Å². The van der Waals surface area contributed by atoms with Gasteiger partial charge < -0.3 is 30.4 Å². The topological polar surface area (TPSA) is 129 Å². The number of nitrogens with one attached hydrogen (secondary N) is 1. The molecule has 0 bridgehead atoms. The van der Waals surface area contributed by atoms with E-state index < -0.39 is 11.9 Å². The molecule has 0 radical (unpaired) electrons. The number of aliphatic carboxylic acids is 2. The van der Waals surface area contributed by atoms with Crippen LogP contribution in [0.3, 0.4) is 0 Å². The molecule has 2 aromatic rings. The fourth-order valence-corrected chi connectivity index (χ4v) is 3.56. The van der Waals surface area contributed by atoms with E-state index in [4.69, 9.17) is 0 Å². The van der Waals surface area contributed by atoms with Crippen molar-refractivity contribution in [3.05, 3.63) is 48.4 Å². The van der Waals surface area contributed by atoms with E-state index >= 15 is 0 Å². The largest absolute Gasteiger partial charge is 0.506 e. The van der Waals surface area contributed by atoms with Crippen LogP contribution in [-0.4, -0.2) is 99.3 Å². The number of carboxylic acid groups (broad SMARTS) is 2. The van der Waals surface area contributed by atoms with Crippen molar-refractivity contribution in [2.75, 3.05) is 52.4 Å². The summed E-state index contributed by atoms with van der Waals surface area (Å²) in [7, 11) is 0. The van der Waals surface area contributed by atoms with Gasteiger partial charge in [-0.2, -0.15) is 0 Å². The van der Waals surface area contributed by atoms with Crippen LogP contribution in [0.5, 0.6) is 5.75 Å². The molecule has 1 aliphatic heterocycles. The number of hydrogen-bond donors (Lipinski definition) is 4. The molecule has 0 saturated carbocycles. The van der Waals surface area contributed by atoms with Gasteiger partial charge in [0.1, 0.15) is 17.8 Å². The van der Waals surface area contributed by atoms with Gasteiger partial charge in [0.2, 0.25) is 0 Å². The van der Waals surface area contributed by atoms with Crippen molar-refractivity contribution in [2.24, 2.45) is 0 Å². The zero-order chi connectivity index (χ0) is 22.9. The van der Waals surface area contributed by atoms with Gasteiger partial charge in [0.05, 0.1) is 18.8 Å². The highest BCUT2D eigenvalue weighted by molar-refractivity contribution is 5.84. The van der Waals surface area contributed by atoms with E-state index in [0.29, 0.717) is 51.3 Å². The summed E-state index contributed by atoms with van der Waals surface area (Å²) < 4.78 is 0. The number of para-hydroxylation sites is 1. The molecule has 0 unspecified atom stereocenters. The number of phenolic OH excluding ortho intramolecular Hbond substituents is 1. The molecule has 1 aromatic carbocycles. The van der Waals surface area contributed by atoms with Gasteiger partial charge in [-0.05, 0) is 12.1 Å². The predicted octanol–water partition coefficient (Wildman–Crippen LogP) is 0.590. The van der Waals surface area contributed by atoms with E-state index in [9.17, 15) is 24.9 Å². The van der Waals surface area contributed by atoms with Crippen LogP contribution in [0, 0.1) is 0 Å². The molecule has 0 fully saturated rings. The van der Waals surface area contributed by atoms with E-state index in [-0.39, 0.29) is 18.8 Å². The first-order chi connectivity index (χ1) is 15.4. The second-order valence-corrected chi connectivity index (χ2v) is 7.70. The standard InChI is InChI=1S/C22H29N5O5/c28-19-3-1-2-17-4-5-18(24-22(17)19)14-27-12-10-25(15-20(29)30)8-6-23-7-9-26(11-13-27)16-21(31)32/h1-5,10,12,23,28H,6-9,11,13-16H2,(H,29,30)(H,31,32)/b12-10-. The summed E-state index contributed by atoms with van der Waals surface area (Å²) >= 11 is 0. The van der Waals surface area contributed by atoms with Crippen molar-refractivity contribution in [1.29, 1.82) is 0 Å². The molecule has 10 nitrogen and oxygen atoms in total. The lowest BCUT2D eigenvalue weighted by Crippen LogP contribution is -2.42. The van der Waals surface area contributed by atoms with E-state index in [1.807, 2.05) is 34.2 Å². The maximum absolute atomic E-state index is 11.2. The van der Waals surface area contributed by atoms with E-state index in [1.54, 1.807) is 23.2 Å². The first-order valence-corrected chi connectivity index (χ1v) is 10.5. The summed E-state index contributed by atoms with van der Waals surface area (Å²) in [6.45, 7) is 3.61. The van der Waals surface area contributed by atoms with Gasteiger partial charge >= 0.3 is 11.9 Å². The van der Waals surface area contributed by atoms with Crippen molar-refractivity contribution in [3.8, 4) is 5.75 Å². The van der Waals surface area contributed by atoms with Crippen LogP contribution in [0.15, 0.2) is 42.7 Å². The lowest BCUT2D eigenvalue weighted by Gasteiger charge is -2.28. The number of aromatic nitrogens is 1. The third-order valence-corrected chi connectivity index (χ3v) is 5.19. The number of carbonyl (C=O) groups is 2. The van der Waals surface area contributed by atoms with Gasteiger partial charge in [-0.25, -0.2) is 4.98 Å². The zero-order valence-electron chi connectivity index (χ0n) is 17.9. The molecule has 1 aromatic heterocycles. The second-order valence-electron chi connectivity index (χ2n) is 7.70. The first kappa shape index (κ1) is 23.3. The van der Waals surface area contributed by atoms with Crippen LogP contribution in [0.4, 0.5) is 0 Å². The summed E-state index contributed by atoms with van der Waals surface area (Å²) in [4.78, 5) is 32.6. The molecule has 0 saturated heterocycles. The number of rotatable bonds is 6. The van der Waals surface area contributed by atoms with Crippen LogP contribution in [0.2, 0.25) is 0 Å². The molecule has 172 valence electrons. The van der Waals surface area contributed by atoms with Crippen LogP contribution in [0.25, 0.3) is 10.9 Å². The third kappa shape index (κ3) is 7.10. The molecule has 0 spiro atoms. The highest BCUT2D eigenvalue weighted by Crippen LogP contribution is 2.22. The van der Waals surface area contributed by atoms with E-state index in [2.05, 4.69) is 10.3 Å². The molecule has 32 heavy (non-hydrogen) atoms. The average Bonchev–Trinajstić information content (AvgIpc) is 2.73. The number of aromatic hydroxyl groups is 1. The quantitative estimate of drug-likeness (QED) is 0.503. The zero-order valence-corrected chi connectivity index (χ0v) is 17.9. The van der Waals surface area contributed by atoms with Gasteiger partial charge in [0.15, 0.2) is 0 Å². The average molecular weight is 444 g/mol. The molecule has 2 heterocycles. The Labute approximate surface area is 186 Å². The molecule has 0 atom stereocenters. The van der Waals surface area contributed by atoms with Crippen molar-refractivity contribution in [3.63, 3.8) is 0 Å². The Morgan fingerprint density at radius 1 is 0.906 bits per heavy atom. The van der Waals surface area contributed by atoms with Crippen LogP contribution < -0.4 is 5.32 Å². The summed E-state index contributed by atoms with van der Waals surface area (Å²) in [5.74, 6) is -1.67. The summed E-state index contributed by atoms with van der Waals surface area (Å²) in [6, 6.07) is 9.03. The number of nitrogens with zero attached hydrogens (tertiary/aromatic N) is 4. The van der Waals surface area contributed by atoms with Crippen molar-refractivity contribution < 1.29 is 24.9 Å². The summed E-state index contributed by atoms with van der Waals surface area (Å²) in [5, 5.41) is 32.6. The minimum atomic E-state index is -0.910. The molecule has 0 amide bonds. The van der Waals surface area contributed by atoms with Crippen LogP contribution >= 0.6 is 0 Å². The molecule has 10 heteroatoms. The van der Waals surface area contributed by atoms with Gasteiger partial charge in [0, 0.05) is 57.1 Å². The Kier molecular flexibility index (Phi) is 8.23. The van der Waals surface area contributed by atoms with E-state index in [1.165, 1.54) is 0 Å². The smallest absolute Gasteiger partial charge is 0.323 e. The van der Waals surface area contributed by atoms with Crippen molar-refractivity contribution in [2.45, 2.75) is 6.54 Å². The normalized spacial score (nSPS) is 17.5. The lowest BCUT2D eigenvalue weighted by molar-refractivity contribution is -0.139. The maximum Gasteiger partial charge on any atom is 0.323 e. The van der Waals surface area contributed by atoms with Gasteiger partial charge in [0.25, 0.3) is 0 Å². The van der Waals surface area contributed by atoms with Gasteiger partial charge in [-0.3, -0.25) is 14.5 Å². The maximum atomic E-state index is 11.2. The Hall–Kier alpha value is -3.37. The highest BCUT2D eigenvalue weighted by Gasteiger charge is 2.14.